The lowest BCUT2D eigenvalue weighted by Crippen LogP contribution is -2.63. The highest BCUT2D eigenvalue weighted by molar-refractivity contribution is 6.42. The zero-order valence-corrected chi connectivity index (χ0v) is 16.1. The summed E-state index contributed by atoms with van der Waals surface area (Å²) in [6.07, 6.45) is 0.888. The molecule has 2 fully saturated rings. The van der Waals surface area contributed by atoms with Crippen LogP contribution in [-0.4, -0.2) is 86.0 Å². The number of rotatable bonds is 6. The van der Waals surface area contributed by atoms with Crippen LogP contribution >= 0.6 is 23.2 Å². The number of carbonyl (C=O) groups excluding carboxylic acids is 2. The third-order valence-electron chi connectivity index (χ3n) is 4.90. The maximum absolute atomic E-state index is 12.5. The third-order valence-corrected chi connectivity index (χ3v) is 5.62. The van der Waals surface area contributed by atoms with Crippen LogP contribution in [0.25, 0.3) is 0 Å². The van der Waals surface area contributed by atoms with Gasteiger partial charge in [-0.1, -0.05) is 23.2 Å². The number of hydrogen-bond donors (Lipinski definition) is 1. The summed E-state index contributed by atoms with van der Waals surface area (Å²) < 4.78 is 5.27. The molecule has 9 heteroatoms. The number of nitrogens with one attached hydrogen (secondary N) is 1. The second-order valence-electron chi connectivity index (χ2n) is 6.45. The van der Waals surface area contributed by atoms with Crippen LogP contribution in [0.15, 0.2) is 12.1 Å². The average Bonchev–Trinajstić information content (AvgIpc) is 2.61. The number of amides is 2. The van der Waals surface area contributed by atoms with Crippen molar-refractivity contribution in [1.82, 2.24) is 14.7 Å². The first-order chi connectivity index (χ1) is 12.5. The number of benzene rings is 1. The molecular formula is C17H22Cl2N4O3. The lowest BCUT2D eigenvalue weighted by atomic mass is 10.1. The Hall–Kier alpha value is -1.70. The molecular weight excluding hydrogens is 379 g/mol. The molecule has 26 heavy (non-hydrogen) atoms. The van der Waals surface area contributed by atoms with Crippen LogP contribution in [0.2, 0.25) is 10.0 Å². The maximum atomic E-state index is 12.5. The van der Waals surface area contributed by atoms with Crippen molar-refractivity contribution in [2.45, 2.75) is 6.04 Å². The molecule has 0 unspecified atom stereocenters. The lowest BCUT2D eigenvalue weighted by Gasteiger charge is -2.46. The SMILES string of the molecule is COc1cc(Cl)c(Cl)cc1NCC(=O)N1CCN(C2CN(C=O)C2)CC1. The standard InChI is InChI=1S/C17H22Cl2N4O3/c1-26-16-7-14(19)13(18)6-15(16)20-8-17(25)23-4-2-22(3-5-23)12-9-21(10-12)11-24/h6-7,11-12,20H,2-5,8-10H2,1H3. The molecule has 1 N–H and O–H groups in total. The number of hydrogen-bond acceptors (Lipinski definition) is 5. The van der Waals surface area contributed by atoms with Gasteiger partial charge in [-0.15, -0.1) is 0 Å². The van der Waals surface area contributed by atoms with E-state index in [1.807, 2.05) is 4.90 Å². The fourth-order valence-electron chi connectivity index (χ4n) is 3.26. The van der Waals surface area contributed by atoms with E-state index in [9.17, 15) is 9.59 Å². The summed E-state index contributed by atoms with van der Waals surface area (Å²) in [7, 11) is 1.54. The van der Waals surface area contributed by atoms with E-state index in [1.165, 1.54) is 7.11 Å². The Balaban J connectivity index is 1.48. The second kappa shape index (κ2) is 8.33. The summed E-state index contributed by atoms with van der Waals surface area (Å²) in [4.78, 5) is 29.1. The summed E-state index contributed by atoms with van der Waals surface area (Å²) in [5.74, 6) is 0.572. The summed E-state index contributed by atoms with van der Waals surface area (Å²) in [5.41, 5.74) is 0.636. The van der Waals surface area contributed by atoms with Crippen molar-refractivity contribution in [3.63, 3.8) is 0 Å². The van der Waals surface area contributed by atoms with Crippen LogP contribution in [0.1, 0.15) is 0 Å². The number of piperazine rings is 1. The molecule has 2 heterocycles. The average molecular weight is 401 g/mol. The highest BCUT2D eigenvalue weighted by Gasteiger charge is 2.33. The maximum Gasteiger partial charge on any atom is 0.241 e. The topological polar surface area (TPSA) is 65.1 Å². The van der Waals surface area contributed by atoms with E-state index in [1.54, 1.807) is 17.0 Å². The fraction of sp³-hybridized carbons (Fsp3) is 0.529. The number of methoxy groups -OCH3 is 1. The Morgan fingerprint density at radius 3 is 2.50 bits per heavy atom. The minimum Gasteiger partial charge on any atom is -0.495 e. The molecule has 7 nitrogen and oxygen atoms in total. The summed E-state index contributed by atoms with van der Waals surface area (Å²) >= 11 is 12.0. The van der Waals surface area contributed by atoms with E-state index in [0.29, 0.717) is 40.6 Å². The molecule has 2 aliphatic rings. The van der Waals surface area contributed by atoms with Gasteiger partial charge in [0.1, 0.15) is 5.75 Å². The van der Waals surface area contributed by atoms with Crippen LogP contribution in [-0.2, 0) is 9.59 Å². The van der Waals surface area contributed by atoms with Crippen molar-refractivity contribution in [3.8, 4) is 5.75 Å². The van der Waals surface area contributed by atoms with Gasteiger partial charge in [-0.25, -0.2) is 0 Å². The van der Waals surface area contributed by atoms with Crippen molar-refractivity contribution in [1.29, 1.82) is 0 Å². The summed E-state index contributed by atoms with van der Waals surface area (Å²) in [6.45, 7) is 4.79. The molecule has 0 aromatic heterocycles. The number of anilines is 1. The normalized spacial score (nSPS) is 18.4. The molecule has 0 spiro atoms. The van der Waals surface area contributed by atoms with Gasteiger partial charge in [0, 0.05) is 51.4 Å². The molecule has 2 amide bonds. The highest BCUT2D eigenvalue weighted by atomic mass is 35.5. The molecule has 2 aliphatic heterocycles. The largest absolute Gasteiger partial charge is 0.495 e. The zero-order chi connectivity index (χ0) is 18.7. The molecule has 1 aromatic rings. The van der Waals surface area contributed by atoms with E-state index >= 15 is 0 Å². The zero-order valence-electron chi connectivity index (χ0n) is 14.6. The highest BCUT2D eigenvalue weighted by Crippen LogP contribution is 2.34. The van der Waals surface area contributed by atoms with Crippen LogP contribution in [0.3, 0.4) is 0 Å². The quantitative estimate of drug-likeness (QED) is 0.731. The van der Waals surface area contributed by atoms with Crippen LogP contribution in [0.5, 0.6) is 5.75 Å². The monoisotopic (exact) mass is 400 g/mol. The molecule has 3 rings (SSSR count). The minimum absolute atomic E-state index is 0.0286. The predicted octanol–water partition coefficient (Wildman–Crippen LogP) is 1.40. The van der Waals surface area contributed by atoms with Gasteiger partial charge >= 0.3 is 0 Å². The first-order valence-electron chi connectivity index (χ1n) is 8.50. The van der Waals surface area contributed by atoms with E-state index in [2.05, 4.69) is 10.2 Å². The number of halogens is 2. The van der Waals surface area contributed by atoms with Crippen molar-refractivity contribution in [2.24, 2.45) is 0 Å². The number of nitrogens with zero attached hydrogens (tertiary/aromatic N) is 3. The first kappa shape index (κ1) is 19.1. The van der Waals surface area contributed by atoms with Gasteiger partial charge in [0.2, 0.25) is 12.3 Å². The molecule has 1 aromatic carbocycles. The summed E-state index contributed by atoms with van der Waals surface area (Å²) in [6, 6.07) is 3.70. The van der Waals surface area contributed by atoms with Crippen LogP contribution in [0, 0.1) is 0 Å². The van der Waals surface area contributed by atoms with Crippen LogP contribution in [0.4, 0.5) is 5.69 Å². The lowest BCUT2D eigenvalue weighted by molar-refractivity contribution is -0.132. The van der Waals surface area contributed by atoms with Crippen molar-refractivity contribution in [3.05, 3.63) is 22.2 Å². The van der Waals surface area contributed by atoms with Gasteiger partial charge < -0.3 is 19.9 Å². The second-order valence-corrected chi connectivity index (χ2v) is 7.26. The predicted molar refractivity (Wildman–Crippen MR) is 101 cm³/mol. The van der Waals surface area contributed by atoms with Gasteiger partial charge in [0.15, 0.2) is 0 Å². The Kier molecular flexibility index (Phi) is 6.11. The smallest absolute Gasteiger partial charge is 0.241 e. The number of carbonyl (C=O) groups is 2. The van der Waals surface area contributed by atoms with Gasteiger partial charge in [-0.3, -0.25) is 14.5 Å². The first-order valence-corrected chi connectivity index (χ1v) is 9.25. The Morgan fingerprint density at radius 1 is 1.23 bits per heavy atom. The fourth-order valence-corrected chi connectivity index (χ4v) is 3.58. The van der Waals surface area contributed by atoms with E-state index in [4.69, 9.17) is 27.9 Å². The molecule has 0 saturated carbocycles. The van der Waals surface area contributed by atoms with E-state index < -0.39 is 0 Å². The van der Waals surface area contributed by atoms with Crippen molar-refractivity contribution >= 4 is 41.2 Å². The molecule has 0 atom stereocenters. The number of likely N-dealkylation sites (tertiary alicyclic amines) is 1. The minimum atomic E-state index is 0.0286. The van der Waals surface area contributed by atoms with E-state index in [0.717, 1.165) is 32.6 Å². The van der Waals surface area contributed by atoms with Gasteiger partial charge in [-0.05, 0) is 6.07 Å². The number of ether oxygens (including phenoxy) is 1. The molecule has 142 valence electrons. The Bertz CT molecular complexity index is 674. The van der Waals surface area contributed by atoms with Gasteiger partial charge in [-0.2, -0.15) is 0 Å². The Labute approximate surface area is 162 Å². The molecule has 2 saturated heterocycles. The van der Waals surface area contributed by atoms with Gasteiger partial charge in [0.25, 0.3) is 0 Å². The molecule has 0 radical (unpaired) electrons. The van der Waals surface area contributed by atoms with Crippen molar-refractivity contribution in [2.75, 3.05) is 58.2 Å². The van der Waals surface area contributed by atoms with E-state index in [-0.39, 0.29) is 12.5 Å². The molecule has 0 aliphatic carbocycles. The third kappa shape index (κ3) is 4.16. The van der Waals surface area contributed by atoms with Crippen molar-refractivity contribution < 1.29 is 14.3 Å². The van der Waals surface area contributed by atoms with Gasteiger partial charge in [0.05, 0.1) is 29.4 Å². The molecule has 0 bridgehead atoms. The Morgan fingerprint density at radius 2 is 1.88 bits per heavy atom. The van der Waals surface area contributed by atoms with Crippen LogP contribution < -0.4 is 10.1 Å². The summed E-state index contributed by atoms with van der Waals surface area (Å²) in [5, 5.41) is 3.89.